The van der Waals surface area contributed by atoms with E-state index in [4.69, 9.17) is 14.2 Å². The minimum absolute atomic E-state index is 0.165. The first-order valence-corrected chi connectivity index (χ1v) is 10.9. The van der Waals surface area contributed by atoms with Crippen molar-refractivity contribution in [2.75, 3.05) is 6.61 Å². The smallest absolute Gasteiger partial charge is 0.363 e. The number of benzene rings is 2. The molecule has 0 N–H and O–H groups in total. The van der Waals surface area contributed by atoms with Crippen molar-refractivity contribution in [1.82, 2.24) is 0 Å². The van der Waals surface area contributed by atoms with Crippen molar-refractivity contribution in [3.05, 3.63) is 62.2 Å². The Morgan fingerprint density at radius 2 is 1.90 bits per heavy atom. The van der Waals surface area contributed by atoms with Crippen molar-refractivity contribution in [1.29, 1.82) is 0 Å². The van der Waals surface area contributed by atoms with Crippen LogP contribution in [0.4, 0.5) is 0 Å². The second-order valence-electron chi connectivity index (χ2n) is 6.33. The average Bonchev–Trinajstić information content (AvgIpc) is 3.06. The van der Waals surface area contributed by atoms with Gasteiger partial charge >= 0.3 is 11.9 Å². The Balaban J connectivity index is 1.93. The van der Waals surface area contributed by atoms with E-state index < -0.39 is 5.97 Å². The molecule has 2 aromatic rings. The molecule has 156 valence electrons. The van der Waals surface area contributed by atoms with Gasteiger partial charge in [0.2, 0.25) is 5.90 Å². The van der Waals surface area contributed by atoms with E-state index in [0.717, 1.165) is 4.47 Å². The summed E-state index contributed by atoms with van der Waals surface area (Å²) in [5.41, 5.74) is 1.51. The van der Waals surface area contributed by atoms with Crippen LogP contribution in [0.25, 0.3) is 6.08 Å². The summed E-state index contributed by atoms with van der Waals surface area (Å²) in [7, 11) is 0. The zero-order valence-corrected chi connectivity index (χ0v) is 19.6. The molecule has 1 heterocycles. The first-order valence-electron chi connectivity index (χ1n) is 9.36. The standard InChI is InChI=1S/C22H19Br2NO5/c1-3-5-19(26)29-20-16(24)10-13(12-18(20)28-4-2)11-17-22(27)30-21(25-17)14-6-8-15(23)9-7-14/h6-12H,3-5H2,1-2H3/b17-11-. The monoisotopic (exact) mass is 535 g/mol. The second-order valence-corrected chi connectivity index (χ2v) is 8.10. The molecule has 0 radical (unpaired) electrons. The van der Waals surface area contributed by atoms with E-state index >= 15 is 0 Å². The highest BCUT2D eigenvalue weighted by atomic mass is 79.9. The molecule has 0 bridgehead atoms. The molecule has 2 aromatic carbocycles. The Morgan fingerprint density at radius 3 is 2.57 bits per heavy atom. The van der Waals surface area contributed by atoms with Crippen molar-refractivity contribution in [3.63, 3.8) is 0 Å². The SMILES string of the molecule is CCCC(=O)Oc1c(Br)cc(/C=C2\N=C(c3ccc(Br)cc3)OC2=O)cc1OCC. The summed E-state index contributed by atoms with van der Waals surface area (Å²) in [6, 6.07) is 10.7. The topological polar surface area (TPSA) is 74.2 Å². The van der Waals surface area contributed by atoms with E-state index in [1.807, 2.05) is 38.1 Å². The van der Waals surface area contributed by atoms with Crippen LogP contribution in [-0.4, -0.2) is 24.4 Å². The number of carbonyl (C=O) groups excluding carboxylic acids is 2. The summed E-state index contributed by atoms with van der Waals surface area (Å²) >= 11 is 6.80. The molecule has 1 aliphatic heterocycles. The first kappa shape index (κ1) is 22.2. The molecular formula is C22H19Br2NO5. The van der Waals surface area contributed by atoms with Gasteiger partial charge in [-0.2, -0.15) is 0 Å². The maximum absolute atomic E-state index is 12.3. The number of hydrogen-bond donors (Lipinski definition) is 0. The first-order chi connectivity index (χ1) is 14.4. The fourth-order valence-electron chi connectivity index (χ4n) is 2.69. The van der Waals surface area contributed by atoms with Crippen LogP contribution in [-0.2, 0) is 14.3 Å². The van der Waals surface area contributed by atoms with Crippen LogP contribution in [0.3, 0.4) is 0 Å². The lowest BCUT2D eigenvalue weighted by Crippen LogP contribution is -2.09. The maximum atomic E-state index is 12.3. The molecule has 6 nitrogen and oxygen atoms in total. The van der Waals surface area contributed by atoms with Gasteiger partial charge in [-0.3, -0.25) is 4.79 Å². The highest BCUT2D eigenvalue weighted by Gasteiger charge is 2.24. The summed E-state index contributed by atoms with van der Waals surface area (Å²) in [6.45, 7) is 4.12. The molecule has 0 saturated heterocycles. The molecule has 1 aliphatic rings. The van der Waals surface area contributed by atoms with Crippen LogP contribution in [0.5, 0.6) is 11.5 Å². The number of esters is 2. The molecule has 0 fully saturated rings. The number of rotatable bonds is 7. The van der Waals surface area contributed by atoms with Gasteiger partial charge in [0.15, 0.2) is 17.2 Å². The molecule has 0 saturated carbocycles. The molecular weight excluding hydrogens is 518 g/mol. The Labute approximate surface area is 191 Å². The molecule has 0 aromatic heterocycles. The number of cyclic esters (lactones) is 1. The Kier molecular flexibility index (Phi) is 7.44. The molecule has 0 atom stereocenters. The zero-order chi connectivity index (χ0) is 21.7. The Morgan fingerprint density at radius 1 is 1.17 bits per heavy atom. The molecule has 3 rings (SSSR count). The number of carbonyl (C=O) groups is 2. The Hall–Kier alpha value is -2.45. The van der Waals surface area contributed by atoms with Gasteiger partial charge in [0.25, 0.3) is 0 Å². The largest absolute Gasteiger partial charge is 0.490 e. The van der Waals surface area contributed by atoms with E-state index in [1.165, 1.54) is 0 Å². The fourth-order valence-corrected chi connectivity index (χ4v) is 3.49. The summed E-state index contributed by atoms with van der Waals surface area (Å²) < 4.78 is 17.8. The lowest BCUT2D eigenvalue weighted by molar-refractivity contribution is -0.134. The molecule has 0 aliphatic carbocycles. The van der Waals surface area contributed by atoms with Crippen molar-refractivity contribution >= 4 is 55.8 Å². The van der Waals surface area contributed by atoms with Crippen molar-refractivity contribution in [2.24, 2.45) is 4.99 Å². The van der Waals surface area contributed by atoms with Gasteiger partial charge in [0, 0.05) is 16.5 Å². The number of aliphatic imine (C=N–C) groups is 1. The van der Waals surface area contributed by atoms with Crippen molar-refractivity contribution in [2.45, 2.75) is 26.7 Å². The lowest BCUT2D eigenvalue weighted by Gasteiger charge is -2.13. The van der Waals surface area contributed by atoms with Gasteiger partial charge in [-0.25, -0.2) is 9.79 Å². The van der Waals surface area contributed by atoms with E-state index in [-0.39, 0.29) is 17.6 Å². The highest BCUT2D eigenvalue weighted by Crippen LogP contribution is 2.38. The Bertz CT molecular complexity index is 1030. The van der Waals surface area contributed by atoms with E-state index in [1.54, 1.807) is 18.2 Å². The molecule has 8 heteroatoms. The normalized spacial score (nSPS) is 14.5. The fraction of sp³-hybridized carbons (Fsp3) is 0.227. The van der Waals surface area contributed by atoms with Crippen LogP contribution in [0.15, 0.2) is 56.0 Å². The number of hydrogen-bond acceptors (Lipinski definition) is 6. The number of ether oxygens (including phenoxy) is 3. The third kappa shape index (κ3) is 5.37. The third-order valence-corrected chi connectivity index (χ3v) is 5.13. The lowest BCUT2D eigenvalue weighted by atomic mass is 10.1. The van der Waals surface area contributed by atoms with Gasteiger partial charge in [-0.15, -0.1) is 0 Å². The predicted octanol–water partition coefficient (Wildman–Crippen LogP) is 5.66. The van der Waals surface area contributed by atoms with E-state index in [2.05, 4.69) is 36.9 Å². The van der Waals surface area contributed by atoms with Gasteiger partial charge in [-0.05, 0) is 77.3 Å². The zero-order valence-electron chi connectivity index (χ0n) is 16.4. The van der Waals surface area contributed by atoms with Crippen molar-refractivity contribution < 1.29 is 23.8 Å². The van der Waals surface area contributed by atoms with Crippen molar-refractivity contribution in [3.8, 4) is 11.5 Å². The summed E-state index contributed by atoms with van der Waals surface area (Å²) in [4.78, 5) is 28.5. The average molecular weight is 537 g/mol. The minimum atomic E-state index is -0.541. The van der Waals surface area contributed by atoms with Crippen LogP contribution in [0.1, 0.15) is 37.8 Å². The molecule has 0 amide bonds. The third-order valence-electron chi connectivity index (χ3n) is 4.02. The van der Waals surface area contributed by atoms with Gasteiger partial charge in [-0.1, -0.05) is 22.9 Å². The maximum Gasteiger partial charge on any atom is 0.363 e. The van der Waals surface area contributed by atoms with Gasteiger partial charge in [0.05, 0.1) is 11.1 Å². The predicted molar refractivity (Wildman–Crippen MR) is 121 cm³/mol. The molecule has 0 spiro atoms. The molecule has 30 heavy (non-hydrogen) atoms. The van der Waals surface area contributed by atoms with Gasteiger partial charge < -0.3 is 14.2 Å². The second kappa shape index (κ2) is 10.0. The van der Waals surface area contributed by atoms with Crippen LogP contribution >= 0.6 is 31.9 Å². The van der Waals surface area contributed by atoms with Crippen LogP contribution < -0.4 is 9.47 Å². The van der Waals surface area contributed by atoms with E-state index in [0.29, 0.717) is 46.5 Å². The van der Waals surface area contributed by atoms with Crippen LogP contribution in [0, 0.1) is 0 Å². The summed E-state index contributed by atoms with van der Waals surface area (Å²) in [5.74, 6) is 0.0685. The van der Waals surface area contributed by atoms with Gasteiger partial charge in [0.1, 0.15) is 0 Å². The van der Waals surface area contributed by atoms with Crippen LogP contribution in [0.2, 0.25) is 0 Å². The number of nitrogens with zero attached hydrogens (tertiary/aromatic N) is 1. The molecule has 0 unspecified atom stereocenters. The quantitative estimate of drug-likeness (QED) is 0.259. The number of halogens is 2. The summed E-state index contributed by atoms with van der Waals surface area (Å²) in [5, 5.41) is 0. The highest BCUT2D eigenvalue weighted by molar-refractivity contribution is 9.10. The minimum Gasteiger partial charge on any atom is -0.490 e. The van der Waals surface area contributed by atoms with E-state index in [9.17, 15) is 9.59 Å². The summed E-state index contributed by atoms with van der Waals surface area (Å²) in [6.07, 6.45) is 2.59.